The van der Waals surface area contributed by atoms with Gasteiger partial charge in [-0.05, 0) is 48.6 Å². The minimum absolute atomic E-state index is 0. The Kier molecular flexibility index (Phi) is 13.0. The largest absolute Gasteiger partial charge is 0.748 e. The average molecular weight is 738 g/mol. The van der Waals surface area contributed by atoms with Crippen LogP contribution in [0, 0.1) is 0 Å². The van der Waals surface area contributed by atoms with Crippen molar-refractivity contribution in [1.82, 2.24) is 0 Å². The first-order valence-corrected chi connectivity index (χ1v) is 19.3. The van der Waals surface area contributed by atoms with E-state index in [2.05, 4.69) is 0 Å². The number of aryl methyl sites for hydroxylation is 1. The van der Waals surface area contributed by atoms with Crippen LogP contribution < -0.4 is 23.7 Å². The zero-order valence-corrected chi connectivity index (χ0v) is 32.5. The third-order valence-electron chi connectivity index (χ3n) is 8.14. The molecule has 0 spiro atoms. The van der Waals surface area contributed by atoms with Gasteiger partial charge in [0.2, 0.25) is 11.4 Å². The van der Waals surface area contributed by atoms with Gasteiger partial charge in [-0.25, -0.2) is 8.42 Å². The van der Waals surface area contributed by atoms with Crippen LogP contribution in [0.3, 0.4) is 0 Å². The second-order valence-electron chi connectivity index (χ2n) is 11.4. The summed E-state index contributed by atoms with van der Waals surface area (Å²) >= 11 is 1.49. The molecular formula is C34H38N2NaO9S3. The molecule has 3 aromatic carbocycles. The molecule has 0 fully saturated rings. The molecule has 1 unspecified atom stereocenters. The fourth-order valence-electron chi connectivity index (χ4n) is 5.44. The maximum atomic E-state index is 11.8. The van der Waals surface area contributed by atoms with Gasteiger partial charge in [-0.15, -0.1) is 0 Å². The Morgan fingerprint density at radius 3 is 2.37 bits per heavy atom. The van der Waals surface area contributed by atoms with Crippen LogP contribution in [0.5, 0.6) is 17.2 Å². The standard InChI is InChI=1S/C34H38N2O9S3.Na/c1-5-24(19-34-36(15-9-17-47(37,38)39)28-21-30(43-3)31(44-4)22-32(28)46-34)18-33-35(16-14-23(2)48(40,41)42)27-20-26(12-13-29(27)45-33)25-10-7-6-8-11-25;/h6-8,10-13,18-23H,5,9,14-17H2,1-4H3,(H-,37,38,39,40,41,42);. The molecule has 11 nitrogen and oxygen atoms in total. The van der Waals surface area contributed by atoms with E-state index >= 15 is 0 Å². The number of aromatic nitrogens is 1. The Morgan fingerprint density at radius 1 is 1.04 bits per heavy atom. The Bertz CT molecular complexity index is 2080. The van der Waals surface area contributed by atoms with E-state index in [1.54, 1.807) is 14.2 Å². The first-order valence-electron chi connectivity index (χ1n) is 15.4. The number of fused-ring (bicyclic) bond motifs is 2. The van der Waals surface area contributed by atoms with E-state index in [1.807, 2.05) is 89.2 Å². The smallest absolute Gasteiger partial charge is 0.265 e. The number of anilines is 1. The molecule has 0 aliphatic carbocycles. The fraction of sp³-hybridized carbons (Fsp3) is 0.324. The summed E-state index contributed by atoms with van der Waals surface area (Å²) in [6, 6.07) is 19.4. The predicted octanol–water partition coefficient (Wildman–Crippen LogP) is 5.63. The first kappa shape index (κ1) is 38.8. The molecule has 0 saturated heterocycles. The van der Waals surface area contributed by atoms with Gasteiger partial charge < -0.3 is 23.7 Å². The van der Waals surface area contributed by atoms with Crippen LogP contribution in [0.25, 0.3) is 27.4 Å². The second-order valence-corrected chi connectivity index (χ2v) is 15.8. The molecule has 15 heteroatoms. The summed E-state index contributed by atoms with van der Waals surface area (Å²) in [6.07, 6.45) is 4.77. The van der Waals surface area contributed by atoms with Crippen LogP contribution in [-0.4, -0.2) is 87.3 Å². The molecule has 2 heterocycles. The monoisotopic (exact) mass is 737 g/mol. The number of thiazole rings is 1. The molecule has 1 radical (unpaired) electrons. The maximum absolute atomic E-state index is 11.8. The van der Waals surface area contributed by atoms with Gasteiger partial charge in [-0.1, -0.05) is 54.7 Å². The van der Waals surface area contributed by atoms with Crippen molar-refractivity contribution in [3.63, 3.8) is 0 Å². The second kappa shape index (κ2) is 16.4. The molecule has 1 aliphatic heterocycles. The van der Waals surface area contributed by atoms with Crippen molar-refractivity contribution < 1.29 is 44.7 Å². The van der Waals surface area contributed by atoms with Crippen LogP contribution >= 0.6 is 11.3 Å². The van der Waals surface area contributed by atoms with Gasteiger partial charge in [-0.3, -0.25) is 4.55 Å². The molecule has 1 aromatic heterocycles. The third-order valence-corrected chi connectivity index (χ3v) is 11.3. The number of ether oxygens (including phenoxy) is 3. The van der Waals surface area contributed by atoms with E-state index in [9.17, 15) is 25.9 Å². The molecular weight excluding hydrogens is 700 g/mol. The van der Waals surface area contributed by atoms with Crippen LogP contribution in [-0.2, 0) is 26.8 Å². The number of hydrogen-bond acceptors (Lipinski definition) is 10. The van der Waals surface area contributed by atoms with Gasteiger partial charge >= 0.3 is 0 Å². The van der Waals surface area contributed by atoms with Crippen molar-refractivity contribution in [3.05, 3.63) is 83.2 Å². The Morgan fingerprint density at radius 2 is 1.73 bits per heavy atom. The summed E-state index contributed by atoms with van der Waals surface area (Å²) < 4.78 is 87.9. The molecule has 1 aliphatic rings. The van der Waals surface area contributed by atoms with Gasteiger partial charge in [0.05, 0.1) is 41.8 Å². The summed E-state index contributed by atoms with van der Waals surface area (Å²) in [4.78, 5) is 1.90. The van der Waals surface area contributed by atoms with Gasteiger partial charge in [0, 0.05) is 66.0 Å². The van der Waals surface area contributed by atoms with Gasteiger partial charge in [-0.2, -0.15) is 13.0 Å². The molecule has 0 bridgehead atoms. The minimum atomic E-state index is -4.47. The number of benzene rings is 3. The predicted molar refractivity (Wildman–Crippen MR) is 192 cm³/mol. The van der Waals surface area contributed by atoms with Crippen LogP contribution in [0.2, 0.25) is 0 Å². The summed E-state index contributed by atoms with van der Waals surface area (Å²) in [5, 5.41) is -0.264. The van der Waals surface area contributed by atoms with Crippen LogP contribution in [0.4, 0.5) is 5.69 Å². The topological polar surface area (TPSA) is 146 Å². The summed E-state index contributed by atoms with van der Waals surface area (Å²) in [7, 11) is -5.52. The minimum Gasteiger partial charge on any atom is -0.748 e. The maximum Gasteiger partial charge on any atom is 0.265 e. The van der Waals surface area contributed by atoms with Gasteiger partial charge in [0.25, 0.3) is 15.1 Å². The van der Waals surface area contributed by atoms with Crippen molar-refractivity contribution in [1.29, 1.82) is 0 Å². The zero-order valence-electron chi connectivity index (χ0n) is 28.1. The van der Waals surface area contributed by atoms with Crippen molar-refractivity contribution >= 4 is 83.1 Å². The zero-order chi connectivity index (χ0) is 34.6. The quantitative estimate of drug-likeness (QED) is 0.0982. The van der Waals surface area contributed by atoms with Crippen LogP contribution in [0.15, 0.2) is 78.2 Å². The van der Waals surface area contributed by atoms with E-state index < -0.39 is 25.5 Å². The normalized spacial score (nSPS) is 14.8. The van der Waals surface area contributed by atoms with E-state index in [-0.39, 0.29) is 54.7 Å². The molecule has 1 N–H and O–H groups in total. The Hall–Kier alpha value is -2.95. The van der Waals surface area contributed by atoms with Crippen molar-refractivity contribution in [2.75, 3.05) is 31.4 Å². The van der Waals surface area contributed by atoms with Crippen molar-refractivity contribution in [2.45, 2.75) is 44.9 Å². The summed E-state index contributed by atoms with van der Waals surface area (Å²) in [5.41, 5.74) is 4.43. The summed E-state index contributed by atoms with van der Waals surface area (Å²) in [6.45, 7) is 3.95. The number of allylic oxidation sites excluding steroid dienone is 2. The number of methoxy groups -OCH3 is 2. The molecule has 4 aromatic rings. The van der Waals surface area contributed by atoms with Crippen LogP contribution in [0.1, 0.15) is 38.1 Å². The Labute approximate surface area is 313 Å². The molecule has 257 valence electrons. The molecule has 5 rings (SSSR count). The van der Waals surface area contributed by atoms with E-state index in [0.29, 0.717) is 36.1 Å². The third kappa shape index (κ3) is 9.44. The molecule has 49 heavy (non-hydrogen) atoms. The first-order chi connectivity index (χ1) is 22.8. The van der Waals surface area contributed by atoms with E-state index in [0.717, 1.165) is 37.6 Å². The number of nitrogens with zero attached hydrogens (tertiary/aromatic N) is 2. The fourth-order valence-corrected chi connectivity index (χ4v) is 7.50. The SMILES string of the molecule is CCC(=Cc1sc2cc(OC)c(OC)cc2[n+]1CCCS(=O)(=O)O)C=C1Oc2ccc(-c3ccccc3)cc2N1CCC(C)S(=O)(=O)[O-].[Na]. The van der Waals surface area contributed by atoms with Gasteiger partial charge in [0.15, 0.2) is 23.8 Å². The van der Waals surface area contributed by atoms with E-state index in [1.165, 1.54) is 18.3 Å². The number of rotatable bonds is 14. The summed E-state index contributed by atoms with van der Waals surface area (Å²) in [5.74, 6) is 1.79. The Balaban J connectivity index is 0.00000541. The molecule has 0 saturated carbocycles. The average Bonchev–Trinajstić information content (AvgIpc) is 3.57. The van der Waals surface area contributed by atoms with E-state index in [4.69, 9.17) is 14.2 Å². The molecule has 1 atom stereocenters. The molecule has 0 amide bonds. The van der Waals surface area contributed by atoms with Crippen molar-refractivity contribution in [2.24, 2.45) is 0 Å². The van der Waals surface area contributed by atoms with Crippen molar-refractivity contribution in [3.8, 4) is 28.4 Å². The van der Waals surface area contributed by atoms with Gasteiger partial charge in [0.1, 0.15) is 4.70 Å². The number of hydrogen-bond donors (Lipinski definition) is 1.